The molecule has 0 radical (unpaired) electrons. The summed E-state index contributed by atoms with van der Waals surface area (Å²) in [6.45, 7) is 2.07. The molecule has 0 aromatic heterocycles. The summed E-state index contributed by atoms with van der Waals surface area (Å²) in [5.74, 6) is 0. The van der Waals surface area contributed by atoms with Crippen LogP contribution in [0.5, 0.6) is 0 Å². The second kappa shape index (κ2) is 2.21. The largest absolute Gasteiger partial charge is 0.314 e. The van der Waals surface area contributed by atoms with Crippen LogP contribution in [-0.4, -0.2) is 24.9 Å². The van der Waals surface area contributed by atoms with E-state index in [0.717, 1.165) is 0 Å². The van der Waals surface area contributed by atoms with Crippen molar-refractivity contribution in [2.75, 3.05) is 13.1 Å². The molecule has 1 aliphatic rings. The second-order valence-electron chi connectivity index (χ2n) is 2.70. The van der Waals surface area contributed by atoms with Crippen molar-refractivity contribution in [1.29, 1.82) is 0 Å². The van der Waals surface area contributed by atoms with Gasteiger partial charge in [-0.25, -0.2) is 8.78 Å². The van der Waals surface area contributed by atoms with Gasteiger partial charge >= 0.3 is 0 Å². The summed E-state index contributed by atoms with van der Waals surface area (Å²) >= 11 is 0. The molecule has 0 spiro atoms. The van der Waals surface area contributed by atoms with Crippen molar-refractivity contribution in [2.24, 2.45) is 0 Å². The minimum absolute atomic E-state index is 0.160. The first-order chi connectivity index (χ1) is 4.13. The molecule has 0 aliphatic carbocycles. The molecule has 0 aromatic carbocycles. The van der Waals surface area contributed by atoms with Crippen molar-refractivity contribution >= 4 is 0 Å². The number of alkyl halides is 2. The van der Waals surface area contributed by atoms with Gasteiger partial charge in [-0.05, 0) is 19.9 Å². The van der Waals surface area contributed by atoms with Gasteiger partial charge in [0.05, 0.1) is 0 Å². The number of nitrogens with one attached hydrogen (secondary N) is 1. The van der Waals surface area contributed by atoms with Crippen LogP contribution in [0.4, 0.5) is 8.78 Å². The fraction of sp³-hybridized carbons (Fsp3) is 1.00. The third-order valence-corrected chi connectivity index (χ3v) is 1.77. The molecule has 0 saturated carbocycles. The maximum absolute atomic E-state index is 12.8. The molecule has 1 nitrogen and oxygen atoms in total. The summed E-state index contributed by atoms with van der Waals surface area (Å²) < 4.78 is 25.4. The lowest BCUT2D eigenvalue weighted by molar-refractivity contribution is 0.0390. The molecule has 1 fully saturated rings. The first-order valence-corrected chi connectivity index (χ1v) is 3.16. The molecule has 0 unspecified atom stereocenters. The fourth-order valence-corrected chi connectivity index (χ4v) is 0.931. The van der Waals surface area contributed by atoms with Gasteiger partial charge in [-0.1, -0.05) is 0 Å². The van der Waals surface area contributed by atoms with Crippen molar-refractivity contribution in [3.63, 3.8) is 0 Å². The topological polar surface area (TPSA) is 12.0 Å². The highest BCUT2D eigenvalue weighted by molar-refractivity contribution is 4.88. The molecular weight excluding hydrogens is 124 g/mol. The van der Waals surface area contributed by atoms with Gasteiger partial charge in [0, 0.05) is 6.54 Å². The van der Waals surface area contributed by atoms with E-state index in [1.807, 2.05) is 0 Å². The Labute approximate surface area is 53.4 Å². The Hall–Kier alpha value is -0.180. The zero-order chi connectivity index (χ0) is 6.91. The maximum atomic E-state index is 12.8. The first kappa shape index (κ1) is 6.93. The molecule has 1 rings (SSSR count). The highest BCUT2D eigenvalue weighted by atomic mass is 19.2. The van der Waals surface area contributed by atoms with Crippen molar-refractivity contribution in [3.8, 4) is 0 Å². The van der Waals surface area contributed by atoms with E-state index in [1.165, 1.54) is 6.92 Å². The monoisotopic (exact) mass is 135 g/mol. The highest BCUT2D eigenvalue weighted by Crippen LogP contribution is 2.24. The van der Waals surface area contributed by atoms with E-state index >= 15 is 0 Å². The van der Waals surface area contributed by atoms with Crippen LogP contribution in [-0.2, 0) is 0 Å². The Kier molecular flexibility index (Phi) is 1.70. The summed E-state index contributed by atoms with van der Waals surface area (Å²) in [5.41, 5.74) is -1.59. The first-order valence-electron chi connectivity index (χ1n) is 3.16. The Morgan fingerprint density at radius 2 is 2.33 bits per heavy atom. The van der Waals surface area contributed by atoms with Crippen LogP contribution in [0.3, 0.4) is 0 Å². The smallest absolute Gasteiger partial charge is 0.146 e. The predicted molar refractivity (Wildman–Crippen MR) is 31.9 cm³/mol. The van der Waals surface area contributed by atoms with Gasteiger partial charge in [0.15, 0.2) is 0 Å². The van der Waals surface area contributed by atoms with Gasteiger partial charge < -0.3 is 5.32 Å². The Balaban J connectivity index is 2.49. The minimum Gasteiger partial charge on any atom is -0.314 e. The molecule has 1 aliphatic heterocycles. The summed E-state index contributed by atoms with van der Waals surface area (Å²) in [4.78, 5) is 0. The molecule has 0 bridgehead atoms. The molecule has 1 N–H and O–H groups in total. The second-order valence-corrected chi connectivity index (χ2v) is 2.70. The van der Waals surface area contributed by atoms with Crippen LogP contribution in [0.25, 0.3) is 0 Å². The third kappa shape index (κ3) is 1.39. The van der Waals surface area contributed by atoms with E-state index in [0.29, 0.717) is 6.54 Å². The van der Waals surface area contributed by atoms with Crippen LogP contribution in [0, 0.1) is 0 Å². The molecule has 3 heteroatoms. The Morgan fingerprint density at radius 1 is 1.67 bits per heavy atom. The molecule has 0 amide bonds. The lowest BCUT2D eigenvalue weighted by Crippen LogP contribution is -2.46. The third-order valence-electron chi connectivity index (χ3n) is 1.77. The van der Waals surface area contributed by atoms with Gasteiger partial charge in [0.1, 0.15) is 11.8 Å². The van der Waals surface area contributed by atoms with Crippen LogP contribution in [0.15, 0.2) is 0 Å². The van der Waals surface area contributed by atoms with Gasteiger partial charge in [-0.2, -0.15) is 0 Å². The van der Waals surface area contributed by atoms with Crippen LogP contribution in [0.2, 0.25) is 0 Å². The zero-order valence-corrected chi connectivity index (χ0v) is 5.45. The Bertz CT molecular complexity index is 103. The molecule has 9 heavy (non-hydrogen) atoms. The quantitative estimate of drug-likeness (QED) is 0.523. The number of hydrogen-bond donors (Lipinski definition) is 1. The predicted octanol–water partition coefficient (Wildman–Crippen LogP) is 1.05. The summed E-state index contributed by atoms with van der Waals surface area (Å²) in [6, 6.07) is 0. The van der Waals surface area contributed by atoms with E-state index in [4.69, 9.17) is 0 Å². The maximum Gasteiger partial charge on any atom is 0.146 e. The molecule has 54 valence electrons. The molecular formula is C6H11F2N. The van der Waals surface area contributed by atoms with Crippen LogP contribution >= 0.6 is 0 Å². The van der Waals surface area contributed by atoms with Crippen molar-refractivity contribution in [2.45, 2.75) is 25.2 Å². The fourth-order valence-electron chi connectivity index (χ4n) is 0.931. The van der Waals surface area contributed by atoms with Gasteiger partial charge in [-0.3, -0.25) is 0 Å². The van der Waals surface area contributed by atoms with E-state index in [-0.39, 0.29) is 13.0 Å². The highest BCUT2D eigenvalue weighted by Gasteiger charge is 2.36. The standard InChI is InChI=1S/C6H11F2N/c1-6(8)2-3-9-4-5(6)7/h5,9H,2-4H2,1H3/t5-,6+/m1/s1. The SMILES string of the molecule is C[C@]1(F)CCNC[C@H]1F. The summed E-state index contributed by atoms with van der Waals surface area (Å²) in [6.07, 6.45) is -1.04. The van der Waals surface area contributed by atoms with Gasteiger partial charge in [-0.15, -0.1) is 0 Å². The van der Waals surface area contributed by atoms with Crippen LogP contribution < -0.4 is 5.32 Å². The molecule has 0 aromatic rings. The van der Waals surface area contributed by atoms with Gasteiger partial charge in [0.2, 0.25) is 0 Å². The molecule has 2 atom stereocenters. The van der Waals surface area contributed by atoms with Crippen LogP contribution in [0.1, 0.15) is 13.3 Å². The van der Waals surface area contributed by atoms with E-state index in [2.05, 4.69) is 5.32 Å². The molecule has 1 saturated heterocycles. The number of hydrogen-bond acceptors (Lipinski definition) is 1. The zero-order valence-electron chi connectivity index (χ0n) is 5.45. The van der Waals surface area contributed by atoms with E-state index in [1.54, 1.807) is 0 Å². The normalized spacial score (nSPS) is 45.0. The molecule has 1 heterocycles. The average Bonchev–Trinajstić information content (AvgIpc) is 1.77. The number of piperidine rings is 1. The van der Waals surface area contributed by atoms with E-state index < -0.39 is 11.8 Å². The summed E-state index contributed by atoms with van der Waals surface area (Å²) in [7, 11) is 0. The number of halogens is 2. The van der Waals surface area contributed by atoms with Crippen molar-refractivity contribution in [1.82, 2.24) is 5.32 Å². The lowest BCUT2D eigenvalue weighted by atomic mass is 9.95. The summed E-state index contributed by atoms with van der Waals surface area (Å²) in [5, 5.41) is 2.78. The lowest BCUT2D eigenvalue weighted by Gasteiger charge is -2.29. The Morgan fingerprint density at radius 3 is 2.67 bits per heavy atom. The van der Waals surface area contributed by atoms with E-state index in [9.17, 15) is 8.78 Å². The van der Waals surface area contributed by atoms with Crippen molar-refractivity contribution < 1.29 is 8.78 Å². The number of rotatable bonds is 0. The van der Waals surface area contributed by atoms with Gasteiger partial charge in [0.25, 0.3) is 0 Å². The van der Waals surface area contributed by atoms with Crippen molar-refractivity contribution in [3.05, 3.63) is 0 Å². The average molecular weight is 135 g/mol. The minimum atomic E-state index is -1.59.